The molecular formula is C14H14S2. The highest BCUT2D eigenvalue weighted by molar-refractivity contribution is 7.99. The molecule has 2 rings (SSSR count). The first kappa shape index (κ1) is 11.6. The first-order valence-corrected chi connectivity index (χ1v) is 7.20. The lowest BCUT2D eigenvalue weighted by Crippen LogP contribution is -1.76. The molecule has 0 radical (unpaired) electrons. The molecule has 0 amide bonds. The molecular weight excluding hydrogens is 232 g/mol. The highest BCUT2D eigenvalue weighted by atomic mass is 32.2. The molecule has 0 unspecified atom stereocenters. The van der Waals surface area contributed by atoms with Crippen molar-refractivity contribution < 1.29 is 0 Å². The maximum atomic E-state index is 2.22. The lowest BCUT2D eigenvalue weighted by molar-refractivity contribution is 1.32. The molecule has 0 aliphatic heterocycles. The third-order valence-electron chi connectivity index (χ3n) is 2.28. The molecule has 0 saturated carbocycles. The van der Waals surface area contributed by atoms with Gasteiger partial charge in [0.1, 0.15) is 0 Å². The first-order chi connectivity index (χ1) is 7.78. The fourth-order valence-corrected chi connectivity index (χ4v) is 2.80. The third kappa shape index (κ3) is 3.06. The summed E-state index contributed by atoms with van der Waals surface area (Å²) in [5.41, 5.74) is 1.31. The molecule has 82 valence electrons. The summed E-state index contributed by atoms with van der Waals surface area (Å²) >= 11 is 3.59. The topological polar surface area (TPSA) is 0 Å². The smallest absolute Gasteiger partial charge is 0.0124 e. The molecule has 0 N–H and O–H groups in total. The zero-order valence-electron chi connectivity index (χ0n) is 9.44. The Morgan fingerprint density at radius 1 is 0.812 bits per heavy atom. The van der Waals surface area contributed by atoms with Crippen molar-refractivity contribution in [3.63, 3.8) is 0 Å². The van der Waals surface area contributed by atoms with Gasteiger partial charge in [0, 0.05) is 14.7 Å². The zero-order valence-corrected chi connectivity index (χ0v) is 11.1. The van der Waals surface area contributed by atoms with Crippen LogP contribution < -0.4 is 0 Å². The third-order valence-corrected chi connectivity index (χ3v) is 4.03. The second-order valence-electron chi connectivity index (χ2n) is 3.59. The van der Waals surface area contributed by atoms with Crippen LogP contribution in [0, 0.1) is 6.92 Å². The minimum atomic E-state index is 1.29. The maximum absolute atomic E-state index is 2.22. The van der Waals surface area contributed by atoms with E-state index >= 15 is 0 Å². The second kappa shape index (κ2) is 5.46. The quantitative estimate of drug-likeness (QED) is 0.709. The van der Waals surface area contributed by atoms with E-state index in [-0.39, 0.29) is 0 Å². The Morgan fingerprint density at radius 2 is 1.50 bits per heavy atom. The van der Waals surface area contributed by atoms with Gasteiger partial charge in [-0.1, -0.05) is 29.5 Å². The van der Waals surface area contributed by atoms with Crippen molar-refractivity contribution in [3.05, 3.63) is 54.1 Å². The fourth-order valence-electron chi connectivity index (χ4n) is 1.46. The molecule has 0 atom stereocenters. The van der Waals surface area contributed by atoms with Crippen LogP contribution in [-0.4, -0.2) is 6.26 Å². The van der Waals surface area contributed by atoms with Crippen LogP contribution in [0.15, 0.2) is 63.2 Å². The van der Waals surface area contributed by atoms with Crippen molar-refractivity contribution in [3.8, 4) is 0 Å². The largest absolute Gasteiger partial charge is 0.130 e. The molecule has 0 aliphatic rings. The molecule has 0 spiro atoms. The zero-order chi connectivity index (χ0) is 11.4. The average Bonchev–Trinajstić information content (AvgIpc) is 2.30. The van der Waals surface area contributed by atoms with Crippen LogP contribution in [0.1, 0.15) is 5.56 Å². The Morgan fingerprint density at radius 3 is 2.12 bits per heavy atom. The van der Waals surface area contributed by atoms with Crippen LogP contribution in [-0.2, 0) is 0 Å². The second-order valence-corrected chi connectivity index (χ2v) is 5.62. The number of aryl methyl sites for hydroxylation is 1. The molecule has 0 bridgehead atoms. The van der Waals surface area contributed by atoms with E-state index in [0.717, 1.165) is 0 Å². The van der Waals surface area contributed by atoms with Gasteiger partial charge < -0.3 is 0 Å². The van der Waals surface area contributed by atoms with Crippen molar-refractivity contribution in [2.45, 2.75) is 21.6 Å². The molecule has 0 heterocycles. The van der Waals surface area contributed by atoms with Crippen LogP contribution in [0.2, 0.25) is 0 Å². The summed E-state index contributed by atoms with van der Waals surface area (Å²) in [6.45, 7) is 2.13. The molecule has 2 heteroatoms. The lowest BCUT2D eigenvalue weighted by atomic mass is 10.2. The Kier molecular flexibility index (Phi) is 3.97. The van der Waals surface area contributed by atoms with Crippen LogP contribution in [0.5, 0.6) is 0 Å². The summed E-state index contributed by atoms with van der Waals surface area (Å²) in [5.74, 6) is 0. The minimum absolute atomic E-state index is 1.29. The van der Waals surface area contributed by atoms with Crippen LogP contribution >= 0.6 is 23.5 Å². The summed E-state index contributed by atoms with van der Waals surface area (Å²) in [4.78, 5) is 3.91. The number of benzene rings is 2. The van der Waals surface area contributed by atoms with Crippen LogP contribution in [0.3, 0.4) is 0 Å². The van der Waals surface area contributed by atoms with Gasteiger partial charge in [-0.2, -0.15) is 0 Å². The van der Waals surface area contributed by atoms with Crippen molar-refractivity contribution in [1.82, 2.24) is 0 Å². The van der Waals surface area contributed by atoms with E-state index in [0.29, 0.717) is 0 Å². The fraction of sp³-hybridized carbons (Fsp3) is 0.143. The highest BCUT2D eigenvalue weighted by Crippen LogP contribution is 2.29. The lowest BCUT2D eigenvalue weighted by Gasteiger charge is -2.03. The predicted octanol–water partition coefficient (Wildman–Crippen LogP) is 4.87. The van der Waals surface area contributed by atoms with Gasteiger partial charge in [0.25, 0.3) is 0 Å². The molecule has 0 nitrogen and oxygen atoms in total. The SMILES string of the molecule is CSc1ccc(Sc2cccc(C)c2)cc1. The van der Waals surface area contributed by atoms with Gasteiger partial charge in [0.05, 0.1) is 0 Å². The van der Waals surface area contributed by atoms with E-state index in [2.05, 4.69) is 61.7 Å². The van der Waals surface area contributed by atoms with Gasteiger partial charge in [-0.25, -0.2) is 0 Å². The van der Waals surface area contributed by atoms with E-state index in [1.54, 1.807) is 11.8 Å². The Bertz CT molecular complexity index is 460. The standard InChI is InChI=1S/C14H14S2/c1-11-4-3-5-14(10-11)16-13-8-6-12(15-2)7-9-13/h3-10H,1-2H3. The van der Waals surface area contributed by atoms with Crippen molar-refractivity contribution >= 4 is 23.5 Å². The van der Waals surface area contributed by atoms with Gasteiger partial charge in [-0.05, 0) is 49.6 Å². The summed E-state index contributed by atoms with van der Waals surface area (Å²) < 4.78 is 0. The van der Waals surface area contributed by atoms with Gasteiger partial charge in [-0.15, -0.1) is 11.8 Å². The maximum Gasteiger partial charge on any atom is 0.0124 e. The van der Waals surface area contributed by atoms with Gasteiger partial charge >= 0.3 is 0 Å². The number of rotatable bonds is 3. The molecule has 2 aromatic rings. The van der Waals surface area contributed by atoms with Crippen molar-refractivity contribution in [1.29, 1.82) is 0 Å². The molecule has 0 fully saturated rings. The summed E-state index contributed by atoms with van der Waals surface area (Å²) in [6, 6.07) is 17.3. The number of hydrogen-bond acceptors (Lipinski definition) is 2. The summed E-state index contributed by atoms with van der Waals surface area (Å²) in [7, 11) is 0. The monoisotopic (exact) mass is 246 g/mol. The molecule has 2 aromatic carbocycles. The van der Waals surface area contributed by atoms with Crippen LogP contribution in [0.25, 0.3) is 0 Å². The molecule has 0 saturated heterocycles. The minimum Gasteiger partial charge on any atom is -0.130 e. The molecule has 0 aliphatic carbocycles. The van der Waals surface area contributed by atoms with E-state index in [4.69, 9.17) is 0 Å². The van der Waals surface area contributed by atoms with Crippen molar-refractivity contribution in [2.75, 3.05) is 6.26 Å². The van der Waals surface area contributed by atoms with Crippen molar-refractivity contribution in [2.24, 2.45) is 0 Å². The number of thioether (sulfide) groups is 1. The predicted molar refractivity (Wildman–Crippen MR) is 73.5 cm³/mol. The summed E-state index contributed by atoms with van der Waals surface area (Å²) in [6.07, 6.45) is 2.10. The first-order valence-electron chi connectivity index (χ1n) is 5.16. The van der Waals surface area contributed by atoms with Gasteiger partial charge in [0.2, 0.25) is 0 Å². The van der Waals surface area contributed by atoms with E-state index < -0.39 is 0 Å². The Labute approximate surface area is 105 Å². The molecule has 16 heavy (non-hydrogen) atoms. The van der Waals surface area contributed by atoms with E-state index in [9.17, 15) is 0 Å². The summed E-state index contributed by atoms with van der Waals surface area (Å²) in [5, 5.41) is 0. The number of hydrogen-bond donors (Lipinski definition) is 0. The Hall–Kier alpha value is -0.860. The normalized spacial score (nSPS) is 10.4. The average molecular weight is 246 g/mol. The molecule has 0 aromatic heterocycles. The van der Waals surface area contributed by atoms with Gasteiger partial charge in [-0.3, -0.25) is 0 Å². The van der Waals surface area contributed by atoms with Crippen LogP contribution in [0.4, 0.5) is 0 Å². The van der Waals surface area contributed by atoms with E-state index in [1.807, 2.05) is 11.8 Å². The van der Waals surface area contributed by atoms with Gasteiger partial charge in [0.15, 0.2) is 0 Å². The van der Waals surface area contributed by atoms with E-state index in [1.165, 1.54) is 20.2 Å². The highest BCUT2D eigenvalue weighted by Gasteiger charge is 1.97. The Balaban J connectivity index is 2.14.